The summed E-state index contributed by atoms with van der Waals surface area (Å²) >= 11 is 0. The fourth-order valence-corrected chi connectivity index (χ4v) is 5.52. The zero-order chi connectivity index (χ0) is 21.0. The van der Waals surface area contributed by atoms with Crippen LogP contribution in [0.4, 0.5) is 0 Å². The second-order valence-electron chi connectivity index (χ2n) is 8.83. The highest BCUT2D eigenvalue weighted by atomic mass is 31.2. The number of benzene rings is 1. The maximum atomic E-state index is 12.3. The highest BCUT2D eigenvalue weighted by molar-refractivity contribution is 7.57. The van der Waals surface area contributed by atoms with E-state index in [1.807, 2.05) is 30.3 Å². The van der Waals surface area contributed by atoms with E-state index in [1.54, 1.807) is 0 Å². The molecule has 0 radical (unpaired) electrons. The first-order valence-corrected chi connectivity index (χ1v) is 14.5. The van der Waals surface area contributed by atoms with E-state index < -0.39 is 7.37 Å². The summed E-state index contributed by atoms with van der Waals surface area (Å²) in [4.78, 5) is 10.1. The summed E-state index contributed by atoms with van der Waals surface area (Å²) < 4.78 is 12.3. The minimum atomic E-state index is -2.95. The molecule has 0 fully saturated rings. The molecule has 1 atom stereocenters. The van der Waals surface area contributed by atoms with Crippen LogP contribution in [0.2, 0.25) is 0 Å². The Morgan fingerprint density at radius 3 is 1.48 bits per heavy atom. The second kappa shape index (κ2) is 18.2. The molecule has 3 heteroatoms. The summed E-state index contributed by atoms with van der Waals surface area (Å²) in [5, 5.41) is 0. The first-order valence-electron chi connectivity index (χ1n) is 12.5. The van der Waals surface area contributed by atoms with Gasteiger partial charge in [0.25, 0.3) is 0 Å². The summed E-state index contributed by atoms with van der Waals surface area (Å²) in [6, 6.07) is 10.0. The summed E-state index contributed by atoms with van der Waals surface area (Å²) in [7, 11) is -2.95. The van der Waals surface area contributed by atoms with Crippen LogP contribution in [-0.2, 0) is 11.0 Å². The predicted molar refractivity (Wildman–Crippen MR) is 129 cm³/mol. The van der Waals surface area contributed by atoms with Gasteiger partial charge in [-0.2, -0.15) is 0 Å². The van der Waals surface area contributed by atoms with Crippen LogP contribution in [0.15, 0.2) is 30.3 Å². The lowest BCUT2D eigenvalue weighted by Gasteiger charge is -2.11. The molecule has 0 heterocycles. The topological polar surface area (TPSA) is 37.3 Å². The van der Waals surface area contributed by atoms with E-state index in [2.05, 4.69) is 6.92 Å². The maximum absolute atomic E-state index is 12.3. The van der Waals surface area contributed by atoms with Gasteiger partial charge >= 0.3 is 0 Å². The summed E-state index contributed by atoms with van der Waals surface area (Å²) in [5.74, 6) is 0. The summed E-state index contributed by atoms with van der Waals surface area (Å²) in [6.45, 7) is 2.28. The standard InChI is InChI=1S/C26H47O2P/c1-2-3-4-5-6-7-8-9-10-11-12-13-14-15-16-20-24-29(27,28)25-23-26-21-18-17-19-22-26/h17-19,21-22H,2-16,20,23-25H2,1H3,(H,27,28). The van der Waals surface area contributed by atoms with Crippen molar-refractivity contribution in [3.8, 4) is 0 Å². The smallest absolute Gasteiger partial charge is 0.200 e. The van der Waals surface area contributed by atoms with E-state index in [0.29, 0.717) is 18.7 Å². The van der Waals surface area contributed by atoms with Crippen LogP contribution >= 0.6 is 7.37 Å². The molecule has 2 nitrogen and oxygen atoms in total. The highest BCUT2D eigenvalue weighted by Gasteiger charge is 2.17. The molecule has 0 bridgehead atoms. The molecule has 1 aromatic rings. The van der Waals surface area contributed by atoms with Gasteiger partial charge in [-0.15, -0.1) is 0 Å². The number of aryl methyl sites for hydroxylation is 1. The van der Waals surface area contributed by atoms with Crippen molar-refractivity contribution in [2.75, 3.05) is 12.3 Å². The Bertz CT molecular complexity index is 515. The first kappa shape index (κ1) is 26.4. The third-order valence-corrected chi connectivity index (χ3v) is 7.89. The Morgan fingerprint density at radius 2 is 1.03 bits per heavy atom. The fourth-order valence-electron chi connectivity index (χ4n) is 3.97. The first-order chi connectivity index (χ1) is 14.1. The van der Waals surface area contributed by atoms with Gasteiger partial charge in [0.15, 0.2) is 0 Å². The van der Waals surface area contributed by atoms with Crippen molar-refractivity contribution in [3.05, 3.63) is 35.9 Å². The van der Waals surface area contributed by atoms with Gasteiger partial charge in [0.05, 0.1) is 0 Å². The number of unbranched alkanes of at least 4 members (excludes halogenated alkanes) is 15. The van der Waals surface area contributed by atoms with Gasteiger partial charge in [0, 0.05) is 12.3 Å². The van der Waals surface area contributed by atoms with Crippen LogP contribution in [-0.4, -0.2) is 17.2 Å². The minimum Gasteiger partial charge on any atom is -0.344 e. The van der Waals surface area contributed by atoms with Gasteiger partial charge in [0.1, 0.15) is 0 Å². The average molecular weight is 423 g/mol. The molecule has 29 heavy (non-hydrogen) atoms. The Balaban J connectivity index is 1.83. The zero-order valence-corrected chi connectivity index (χ0v) is 20.0. The van der Waals surface area contributed by atoms with Crippen molar-refractivity contribution in [3.63, 3.8) is 0 Å². The van der Waals surface area contributed by atoms with Gasteiger partial charge < -0.3 is 4.89 Å². The molecule has 0 aliphatic heterocycles. The van der Waals surface area contributed by atoms with Crippen LogP contribution < -0.4 is 0 Å². The lowest BCUT2D eigenvalue weighted by atomic mass is 10.0. The molecule has 0 aliphatic rings. The van der Waals surface area contributed by atoms with Crippen LogP contribution in [0, 0.1) is 0 Å². The van der Waals surface area contributed by atoms with Crippen molar-refractivity contribution in [1.29, 1.82) is 0 Å². The minimum absolute atomic E-state index is 0.426. The van der Waals surface area contributed by atoms with Gasteiger partial charge in [0.2, 0.25) is 7.37 Å². The SMILES string of the molecule is CCCCCCCCCCCCCCCCCCP(=O)(O)CCc1ccccc1. The van der Waals surface area contributed by atoms with Crippen molar-refractivity contribution in [2.24, 2.45) is 0 Å². The van der Waals surface area contributed by atoms with Gasteiger partial charge in [-0.3, -0.25) is 4.57 Å². The molecule has 0 saturated heterocycles. The van der Waals surface area contributed by atoms with Crippen molar-refractivity contribution >= 4 is 7.37 Å². The van der Waals surface area contributed by atoms with Crippen LogP contribution in [0.1, 0.15) is 115 Å². The predicted octanol–water partition coefficient (Wildman–Crippen LogP) is 8.76. The third-order valence-electron chi connectivity index (χ3n) is 5.95. The molecule has 0 saturated carbocycles. The molecule has 0 spiro atoms. The number of hydrogen-bond acceptors (Lipinski definition) is 1. The summed E-state index contributed by atoms with van der Waals surface area (Å²) in [5.41, 5.74) is 1.16. The van der Waals surface area contributed by atoms with Gasteiger partial charge in [-0.25, -0.2) is 0 Å². The Morgan fingerprint density at radius 1 is 0.621 bits per heavy atom. The molecular weight excluding hydrogens is 375 g/mol. The van der Waals surface area contributed by atoms with E-state index in [0.717, 1.165) is 18.4 Å². The van der Waals surface area contributed by atoms with E-state index >= 15 is 0 Å². The van der Waals surface area contributed by atoms with Crippen molar-refractivity contribution in [1.82, 2.24) is 0 Å². The number of hydrogen-bond donors (Lipinski definition) is 1. The molecule has 1 aromatic carbocycles. The van der Waals surface area contributed by atoms with E-state index in [-0.39, 0.29) is 0 Å². The van der Waals surface area contributed by atoms with Gasteiger partial charge in [-0.05, 0) is 18.4 Å². The Kier molecular flexibility index (Phi) is 16.6. The zero-order valence-electron chi connectivity index (χ0n) is 19.1. The van der Waals surface area contributed by atoms with Crippen LogP contribution in [0.5, 0.6) is 0 Å². The summed E-state index contributed by atoms with van der Waals surface area (Å²) in [6.07, 6.45) is 23.0. The van der Waals surface area contributed by atoms with E-state index in [4.69, 9.17) is 0 Å². The average Bonchev–Trinajstić information content (AvgIpc) is 2.73. The normalized spacial score (nSPS) is 13.4. The lowest BCUT2D eigenvalue weighted by Crippen LogP contribution is -1.98. The Hall–Kier alpha value is -0.590. The Labute approximate surface area is 181 Å². The van der Waals surface area contributed by atoms with Gasteiger partial charge in [-0.1, -0.05) is 134 Å². The molecule has 0 aliphatic carbocycles. The monoisotopic (exact) mass is 422 g/mol. The number of rotatable bonds is 20. The molecule has 168 valence electrons. The lowest BCUT2D eigenvalue weighted by molar-refractivity contribution is 0.472. The molecule has 1 rings (SSSR count). The van der Waals surface area contributed by atoms with Crippen molar-refractivity contribution in [2.45, 2.75) is 116 Å². The molecule has 0 amide bonds. The largest absolute Gasteiger partial charge is 0.344 e. The quantitative estimate of drug-likeness (QED) is 0.168. The van der Waals surface area contributed by atoms with E-state index in [1.165, 1.54) is 89.9 Å². The highest BCUT2D eigenvalue weighted by Crippen LogP contribution is 2.42. The molecule has 0 aromatic heterocycles. The van der Waals surface area contributed by atoms with Crippen LogP contribution in [0.25, 0.3) is 0 Å². The molecular formula is C26H47O2P. The molecule has 1 unspecified atom stereocenters. The molecule has 1 N–H and O–H groups in total. The third kappa shape index (κ3) is 16.8. The van der Waals surface area contributed by atoms with Crippen molar-refractivity contribution < 1.29 is 9.46 Å². The van der Waals surface area contributed by atoms with Crippen LogP contribution in [0.3, 0.4) is 0 Å². The van der Waals surface area contributed by atoms with E-state index in [9.17, 15) is 9.46 Å². The second-order valence-corrected chi connectivity index (χ2v) is 11.4. The fraction of sp³-hybridized carbons (Fsp3) is 0.769. The maximum Gasteiger partial charge on any atom is 0.200 e.